The molecule has 0 bridgehead atoms. The van der Waals surface area contributed by atoms with Gasteiger partial charge in [-0.05, 0) is 31.4 Å². The molecule has 0 N–H and O–H groups in total. The molecule has 2 fully saturated rings. The van der Waals surface area contributed by atoms with Gasteiger partial charge in [0.2, 0.25) is 10.0 Å². The Balaban J connectivity index is 1.63. The fourth-order valence-corrected chi connectivity index (χ4v) is 5.71. The summed E-state index contributed by atoms with van der Waals surface area (Å²) in [6.45, 7) is 2.40. The third-order valence-corrected chi connectivity index (χ3v) is 7.34. The Morgan fingerprint density at radius 2 is 1.92 bits per heavy atom. The van der Waals surface area contributed by atoms with Crippen molar-refractivity contribution < 1.29 is 12.8 Å². The number of benzene rings is 1. The zero-order valence-electron chi connectivity index (χ0n) is 13.4. The first-order valence-electron chi connectivity index (χ1n) is 8.34. The van der Waals surface area contributed by atoms with Gasteiger partial charge in [0.05, 0.1) is 5.25 Å². The number of pyridine rings is 1. The molecule has 2 aromatic rings. The molecule has 0 aliphatic carbocycles. The Bertz CT molecular complexity index is 865. The normalized spacial score (nSPS) is 22.5. The van der Waals surface area contributed by atoms with Crippen molar-refractivity contribution in [1.29, 1.82) is 0 Å². The van der Waals surface area contributed by atoms with Crippen LogP contribution in [0.25, 0.3) is 10.9 Å². The molecule has 2 saturated heterocycles. The van der Waals surface area contributed by atoms with E-state index in [9.17, 15) is 12.8 Å². The zero-order chi connectivity index (χ0) is 16.7. The number of anilines is 1. The molecule has 0 saturated carbocycles. The molecule has 3 heterocycles. The van der Waals surface area contributed by atoms with Crippen molar-refractivity contribution in [2.75, 3.05) is 31.1 Å². The summed E-state index contributed by atoms with van der Waals surface area (Å²) in [6.07, 6.45) is 4.09. The number of hydrogen-bond donors (Lipinski definition) is 0. The van der Waals surface area contributed by atoms with Crippen molar-refractivity contribution >= 4 is 26.6 Å². The van der Waals surface area contributed by atoms with Gasteiger partial charge >= 0.3 is 0 Å². The predicted octanol–water partition coefficient (Wildman–Crippen LogP) is 2.38. The molecule has 1 atom stereocenters. The Hall–Kier alpha value is -1.73. The van der Waals surface area contributed by atoms with Gasteiger partial charge in [0, 0.05) is 43.4 Å². The monoisotopic (exact) mass is 349 g/mol. The second-order valence-electron chi connectivity index (χ2n) is 6.47. The average molecular weight is 349 g/mol. The standard InChI is InChI=1S/C17H20FN3O2S/c18-15-5-3-4-14-16(6-8-19-17(14)15)20-11-7-13(12-20)24(22,23)21-9-1-2-10-21/h3-6,8,13H,1-2,7,9-12H2/t13-/m0/s1. The molecular weight excluding hydrogens is 329 g/mol. The van der Waals surface area contributed by atoms with E-state index in [1.165, 1.54) is 6.07 Å². The Kier molecular flexibility index (Phi) is 3.92. The highest BCUT2D eigenvalue weighted by molar-refractivity contribution is 7.89. The highest BCUT2D eigenvalue weighted by Gasteiger charge is 2.38. The fourth-order valence-electron chi connectivity index (χ4n) is 3.74. The minimum absolute atomic E-state index is 0.334. The van der Waals surface area contributed by atoms with Gasteiger partial charge in [-0.25, -0.2) is 17.1 Å². The van der Waals surface area contributed by atoms with E-state index in [0.717, 1.165) is 23.9 Å². The average Bonchev–Trinajstić information content (AvgIpc) is 3.27. The number of rotatable bonds is 3. The lowest BCUT2D eigenvalue weighted by Gasteiger charge is -2.23. The minimum atomic E-state index is -3.24. The number of halogens is 1. The third kappa shape index (κ3) is 2.56. The van der Waals surface area contributed by atoms with Crippen LogP contribution in [0.4, 0.5) is 10.1 Å². The maximum atomic E-state index is 13.9. The number of para-hydroxylation sites is 1. The number of aromatic nitrogens is 1. The van der Waals surface area contributed by atoms with Crippen molar-refractivity contribution in [2.45, 2.75) is 24.5 Å². The first-order chi connectivity index (χ1) is 11.6. The summed E-state index contributed by atoms with van der Waals surface area (Å²) in [5.41, 5.74) is 1.19. The summed E-state index contributed by atoms with van der Waals surface area (Å²) < 4.78 is 41.1. The molecule has 1 aromatic carbocycles. The van der Waals surface area contributed by atoms with E-state index in [1.807, 2.05) is 17.0 Å². The van der Waals surface area contributed by atoms with E-state index >= 15 is 0 Å². The van der Waals surface area contributed by atoms with Gasteiger partial charge in [-0.15, -0.1) is 0 Å². The van der Waals surface area contributed by atoms with E-state index in [0.29, 0.717) is 38.1 Å². The molecule has 0 amide bonds. The van der Waals surface area contributed by atoms with Crippen molar-refractivity contribution in [3.05, 3.63) is 36.3 Å². The molecule has 24 heavy (non-hydrogen) atoms. The summed E-state index contributed by atoms with van der Waals surface area (Å²) in [7, 11) is -3.24. The number of fused-ring (bicyclic) bond motifs is 1. The van der Waals surface area contributed by atoms with Crippen LogP contribution in [0.5, 0.6) is 0 Å². The molecule has 0 radical (unpaired) electrons. The molecule has 0 unspecified atom stereocenters. The Morgan fingerprint density at radius 3 is 2.71 bits per heavy atom. The van der Waals surface area contributed by atoms with Crippen molar-refractivity contribution in [2.24, 2.45) is 0 Å². The summed E-state index contributed by atoms with van der Waals surface area (Å²) >= 11 is 0. The third-order valence-electron chi connectivity index (χ3n) is 5.03. The Morgan fingerprint density at radius 1 is 1.12 bits per heavy atom. The van der Waals surface area contributed by atoms with Crippen LogP contribution >= 0.6 is 0 Å². The molecule has 2 aliphatic rings. The van der Waals surface area contributed by atoms with Gasteiger partial charge in [0.25, 0.3) is 0 Å². The van der Waals surface area contributed by atoms with E-state index in [2.05, 4.69) is 4.98 Å². The van der Waals surface area contributed by atoms with Gasteiger partial charge in [-0.1, -0.05) is 12.1 Å². The summed E-state index contributed by atoms with van der Waals surface area (Å²) in [5.74, 6) is -0.352. The molecule has 0 spiro atoms. The van der Waals surface area contributed by atoms with Crippen LogP contribution in [0.1, 0.15) is 19.3 Å². The molecule has 128 valence electrons. The van der Waals surface area contributed by atoms with E-state index in [1.54, 1.807) is 16.6 Å². The van der Waals surface area contributed by atoms with Crippen LogP contribution in [0, 0.1) is 5.82 Å². The van der Waals surface area contributed by atoms with Crippen LogP contribution in [0.15, 0.2) is 30.5 Å². The number of hydrogen-bond acceptors (Lipinski definition) is 4. The minimum Gasteiger partial charge on any atom is -0.370 e. The highest BCUT2D eigenvalue weighted by Crippen LogP contribution is 2.32. The van der Waals surface area contributed by atoms with Crippen LogP contribution in [-0.2, 0) is 10.0 Å². The van der Waals surface area contributed by atoms with Crippen LogP contribution in [-0.4, -0.2) is 49.1 Å². The fraction of sp³-hybridized carbons (Fsp3) is 0.471. The number of sulfonamides is 1. The molecule has 4 rings (SSSR count). The molecule has 7 heteroatoms. The topological polar surface area (TPSA) is 53.5 Å². The molecular formula is C17H20FN3O2S. The van der Waals surface area contributed by atoms with Crippen molar-refractivity contribution in [3.63, 3.8) is 0 Å². The van der Waals surface area contributed by atoms with E-state index in [-0.39, 0.29) is 11.1 Å². The van der Waals surface area contributed by atoms with E-state index < -0.39 is 10.0 Å². The van der Waals surface area contributed by atoms with Gasteiger partial charge < -0.3 is 4.90 Å². The SMILES string of the molecule is O=S(=O)([C@H]1CCN(c2ccnc3c(F)cccc23)C1)N1CCCC1. The van der Waals surface area contributed by atoms with Crippen molar-refractivity contribution in [3.8, 4) is 0 Å². The first-order valence-corrected chi connectivity index (χ1v) is 9.85. The van der Waals surface area contributed by atoms with Gasteiger partial charge in [0.15, 0.2) is 0 Å². The smallest absolute Gasteiger partial charge is 0.218 e. The predicted molar refractivity (Wildman–Crippen MR) is 92.0 cm³/mol. The van der Waals surface area contributed by atoms with Crippen molar-refractivity contribution in [1.82, 2.24) is 9.29 Å². The summed E-state index contributed by atoms with van der Waals surface area (Å²) in [5, 5.41) is 0.351. The second kappa shape index (κ2) is 5.97. The quantitative estimate of drug-likeness (QED) is 0.854. The van der Waals surface area contributed by atoms with Crippen LogP contribution in [0.2, 0.25) is 0 Å². The van der Waals surface area contributed by atoms with Gasteiger partial charge in [-0.2, -0.15) is 0 Å². The van der Waals surface area contributed by atoms with Crippen LogP contribution in [0.3, 0.4) is 0 Å². The molecule has 5 nitrogen and oxygen atoms in total. The first kappa shape index (κ1) is 15.8. The molecule has 1 aromatic heterocycles. The second-order valence-corrected chi connectivity index (χ2v) is 8.69. The summed E-state index contributed by atoms with van der Waals surface area (Å²) in [4.78, 5) is 6.16. The van der Waals surface area contributed by atoms with Crippen LogP contribution < -0.4 is 4.90 Å². The zero-order valence-corrected chi connectivity index (χ0v) is 14.2. The molecule has 2 aliphatic heterocycles. The maximum absolute atomic E-state index is 13.9. The van der Waals surface area contributed by atoms with Gasteiger partial charge in [-0.3, -0.25) is 4.98 Å². The van der Waals surface area contributed by atoms with Gasteiger partial charge in [0.1, 0.15) is 11.3 Å². The maximum Gasteiger partial charge on any atom is 0.218 e. The largest absolute Gasteiger partial charge is 0.370 e. The lowest BCUT2D eigenvalue weighted by Crippen LogP contribution is -2.38. The Labute approximate surface area is 141 Å². The summed E-state index contributed by atoms with van der Waals surface area (Å²) in [6, 6.07) is 6.73. The lowest BCUT2D eigenvalue weighted by molar-refractivity contribution is 0.467. The number of nitrogens with zero attached hydrogens (tertiary/aromatic N) is 3. The lowest BCUT2D eigenvalue weighted by atomic mass is 10.1. The van der Waals surface area contributed by atoms with E-state index in [4.69, 9.17) is 0 Å². The highest BCUT2D eigenvalue weighted by atomic mass is 32.2.